The number of nitrogens with zero attached hydrogens (tertiary/aromatic N) is 1. The summed E-state index contributed by atoms with van der Waals surface area (Å²) in [6.07, 6.45) is 2.93. The molecule has 1 aromatic heterocycles. The van der Waals surface area contributed by atoms with Gasteiger partial charge in [-0.1, -0.05) is 13.8 Å². The van der Waals surface area contributed by atoms with Gasteiger partial charge in [-0.15, -0.1) is 0 Å². The molecule has 0 N–H and O–H groups in total. The fourth-order valence-corrected chi connectivity index (χ4v) is 3.45. The van der Waals surface area contributed by atoms with Gasteiger partial charge in [0.2, 0.25) is 5.91 Å². The van der Waals surface area contributed by atoms with E-state index in [0.29, 0.717) is 24.0 Å². The Morgan fingerprint density at radius 2 is 2.44 bits per heavy atom. The Hall–Kier alpha value is -0.900. The van der Waals surface area contributed by atoms with Gasteiger partial charge in [-0.25, -0.2) is 0 Å². The lowest BCUT2D eigenvalue weighted by atomic mass is 10.1. The van der Waals surface area contributed by atoms with Crippen LogP contribution in [0.5, 0.6) is 0 Å². The largest absolute Gasteiger partial charge is 0.469 e. The topological polar surface area (TPSA) is 33.5 Å². The summed E-state index contributed by atoms with van der Waals surface area (Å²) in [5, 5.41) is 0.589. The fourth-order valence-electron chi connectivity index (χ4n) is 2.15. The number of aryl methyl sites for hydroxylation is 1. The summed E-state index contributed by atoms with van der Waals surface area (Å²) in [7, 11) is 0. The summed E-state index contributed by atoms with van der Waals surface area (Å²) < 4.78 is 5.26. The van der Waals surface area contributed by atoms with Crippen molar-refractivity contribution in [3.63, 3.8) is 0 Å². The van der Waals surface area contributed by atoms with Crippen molar-refractivity contribution in [3.05, 3.63) is 24.2 Å². The maximum atomic E-state index is 12.1. The van der Waals surface area contributed by atoms with Crippen LogP contribution in [0.15, 0.2) is 22.8 Å². The van der Waals surface area contributed by atoms with Crippen molar-refractivity contribution >= 4 is 17.7 Å². The number of hydrogen-bond donors (Lipinski definition) is 0. The molecule has 0 spiro atoms. The molecule has 0 aromatic carbocycles. The number of hydrogen-bond acceptors (Lipinski definition) is 3. The Morgan fingerprint density at radius 3 is 3.11 bits per heavy atom. The second kappa shape index (κ2) is 6.32. The first-order valence-corrected chi connectivity index (χ1v) is 7.63. The maximum absolute atomic E-state index is 12.1. The standard InChI is InChI=1S/C14H21NO2S/c1-11(2)13-10-15(7-9-18-13)14(16)6-5-12-4-3-8-17-12/h3-4,8,11,13H,5-7,9-10H2,1-2H3/t13-/m1/s1. The Balaban J connectivity index is 1.81. The van der Waals surface area contributed by atoms with Gasteiger partial charge in [0.1, 0.15) is 5.76 Å². The SMILES string of the molecule is CC(C)[C@H]1CN(C(=O)CCc2ccco2)CCS1. The van der Waals surface area contributed by atoms with Crippen LogP contribution in [0, 0.1) is 5.92 Å². The monoisotopic (exact) mass is 267 g/mol. The van der Waals surface area contributed by atoms with Crippen molar-refractivity contribution in [1.29, 1.82) is 0 Å². The third-order valence-corrected chi connectivity index (χ3v) is 4.89. The van der Waals surface area contributed by atoms with Gasteiger partial charge in [-0.05, 0) is 18.1 Å². The zero-order valence-corrected chi connectivity index (χ0v) is 11.9. The van der Waals surface area contributed by atoms with Crippen LogP contribution in [-0.4, -0.2) is 34.9 Å². The molecule has 1 amide bonds. The number of carbonyl (C=O) groups excluding carboxylic acids is 1. The van der Waals surface area contributed by atoms with E-state index in [1.54, 1.807) is 6.26 Å². The molecule has 4 heteroatoms. The van der Waals surface area contributed by atoms with Crippen molar-refractivity contribution in [2.45, 2.75) is 31.9 Å². The first kappa shape index (κ1) is 13.5. The lowest BCUT2D eigenvalue weighted by Crippen LogP contribution is -2.43. The van der Waals surface area contributed by atoms with E-state index < -0.39 is 0 Å². The van der Waals surface area contributed by atoms with Gasteiger partial charge in [0.05, 0.1) is 6.26 Å². The van der Waals surface area contributed by atoms with Crippen LogP contribution in [0.2, 0.25) is 0 Å². The lowest BCUT2D eigenvalue weighted by molar-refractivity contribution is -0.131. The number of amides is 1. The van der Waals surface area contributed by atoms with Crippen molar-refractivity contribution in [2.75, 3.05) is 18.8 Å². The molecule has 0 aliphatic carbocycles. The average molecular weight is 267 g/mol. The number of rotatable bonds is 4. The second-order valence-corrected chi connectivity index (χ2v) is 6.42. The molecule has 18 heavy (non-hydrogen) atoms. The zero-order chi connectivity index (χ0) is 13.0. The molecule has 0 radical (unpaired) electrons. The first-order chi connectivity index (χ1) is 8.66. The predicted octanol–water partition coefficient (Wildman–Crippen LogP) is 2.81. The van der Waals surface area contributed by atoms with Gasteiger partial charge in [-0.3, -0.25) is 4.79 Å². The first-order valence-electron chi connectivity index (χ1n) is 6.58. The Bertz CT molecular complexity index is 375. The molecule has 0 saturated carbocycles. The quantitative estimate of drug-likeness (QED) is 0.841. The molecule has 1 aliphatic heterocycles. The summed E-state index contributed by atoms with van der Waals surface area (Å²) in [6.45, 7) is 6.26. The van der Waals surface area contributed by atoms with Crippen LogP contribution in [0.4, 0.5) is 0 Å². The Labute approximate surface area is 113 Å². The summed E-state index contributed by atoms with van der Waals surface area (Å²) in [4.78, 5) is 14.2. The molecule has 0 bridgehead atoms. The molecule has 1 atom stereocenters. The van der Waals surface area contributed by atoms with Crippen LogP contribution < -0.4 is 0 Å². The highest BCUT2D eigenvalue weighted by molar-refractivity contribution is 8.00. The lowest BCUT2D eigenvalue weighted by Gasteiger charge is -2.34. The van der Waals surface area contributed by atoms with E-state index in [0.717, 1.165) is 24.6 Å². The minimum absolute atomic E-state index is 0.261. The zero-order valence-electron chi connectivity index (χ0n) is 11.1. The van der Waals surface area contributed by atoms with Gasteiger partial charge >= 0.3 is 0 Å². The molecule has 100 valence electrons. The summed E-state index contributed by atoms with van der Waals surface area (Å²) in [5.41, 5.74) is 0. The van der Waals surface area contributed by atoms with Crippen molar-refractivity contribution in [3.8, 4) is 0 Å². The van der Waals surface area contributed by atoms with Gasteiger partial charge in [-0.2, -0.15) is 11.8 Å². The molecule has 2 heterocycles. The number of thioether (sulfide) groups is 1. The summed E-state index contributed by atoms with van der Waals surface area (Å²) in [6, 6.07) is 3.79. The van der Waals surface area contributed by atoms with E-state index >= 15 is 0 Å². The summed E-state index contributed by atoms with van der Waals surface area (Å²) in [5.74, 6) is 2.86. The highest BCUT2D eigenvalue weighted by Crippen LogP contribution is 2.25. The fraction of sp³-hybridized carbons (Fsp3) is 0.643. The van der Waals surface area contributed by atoms with E-state index in [1.165, 1.54) is 0 Å². The highest BCUT2D eigenvalue weighted by Gasteiger charge is 2.25. The van der Waals surface area contributed by atoms with E-state index in [4.69, 9.17) is 4.42 Å². The van der Waals surface area contributed by atoms with Gasteiger partial charge < -0.3 is 9.32 Å². The van der Waals surface area contributed by atoms with Crippen molar-refractivity contribution in [1.82, 2.24) is 4.90 Å². The Kier molecular flexibility index (Phi) is 4.75. The van der Waals surface area contributed by atoms with Crippen molar-refractivity contribution < 1.29 is 9.21 Å². The highest BCUT2D eigenvalue weighted by atomic mass is 32.2. The van der Waals surface area contributed by atoms with Gasteiger partial charge in [0, 0.05) is 36.9 Å². The van der Waals surface area contributed by atoms with Crippen LogP contribution in [0.3, 0.4) is 0 Å². The normalized spacial score (nSPS) is 20.4. The van der Waals surface area contributed by atoms with Crippen molar-refractivity contribution in [2.24, 2.45) is 5.92 Å². The molecule has 1 aromatic rings. The molecular weight excluding hydrogens is 246 g/mol. The van der Waals surface area contributed by atoms with Crippen LogP contribution in [-0.2, 0) is 11.2 Å². The smallest absolute Gasteiger partial charge is 0.223 e. The molecule has 1 fully saturated rings. The van der Waals surface area contributed by atoms with Crippen LogP contribution >= 0.6 is 11.8 Å². The van der Waals surface area contributed by atoms with Crippen LogP contribution in [0.1, 0.15) is 26.0 Å². The molecule has 3 nitrogen and oxygen atoms in total. The number of carbonyl (C=O) groups is 1. The molecule has 0 unspecified atom stereocenters. The van der Waals surface area contributed by atoms with E-state index in [-0.39, 0.29) is 5.91 Å². The predicted molar refractivity (Wildman–Crippen MR) is 74.7 cm³/mol. The average Bonchev–Trinajstić information content (AvgIpc) is 2.89. The van der Waals surface area contributed by atoms with Gasteiger partial charge in [0.25, 0.3) is 0 Å². The van der Waals surface area contributed by atoms with Crippen LogP contribution in [0.25, 0.3) is 0 Å². The molecule has 1 aliphatic rings. The minimum atomic E-state index is 0.261. The third kappa shape index (κ3) is 3.55. The van der Waals surface area contributed by atoms with E-state index in [2.05, 4.69) is 13.8 Å². The van der Waals surface area contributed by atoms with Gasteiger partial charge in [0.15, 0.2) is 0 Å². The Morgan fingerprint density at radius 1 is 1.61 bits per heavy atom. The minimum Gasteiger partial charge on any atom is -0.469 e. The molecule has 1 saturated heterocycles. The summed E-state index contributed by atoms with van der Waals surface area (Å²) >= 11 is 2.00. The van der Waals surface area contributed by atoms with E-state index in [9.17, 15) is 4.79 Å². The molecule has 2 rings (SSSR count). The second-order valence-electron chi connectivity index (χ2n) is 5.07. The number of furan rings is 1. The van der Waals surface area contributed by atoms with E-state index in [1.807, 2.05) is 28.8 Å². The third-order valence-electron chi connectivity index (χ3n) is 3.36. The maximum Gasteiger partial charge on any atom is 0.223 e. The molecular formula is C14H21NO2S.